The topological polar surface area (TPSA) is 156 Å². The summed E-state index contributed by atoms with van der Waals surface area (Å²) in [4.78, 5) is 14.5. The highest BCUT2D eigenvalue weighted by Gasteiger charge is 2.10. The molecule has 1 aliphatic rings. The van der Waals surface area contributed by atoms with E-state index >= 15 is 0 Å². The number of unbranched alkanes of at least 4 members (excludes halogenated alkanes) is 1. The van der Waals surface area contributed by atoms with Crippen molar-refractivity contribution in [2.24, 2.45) is 0 Å². The quantitative estimate of drug-likeness (QED) is 0.333. The van der Waals surface area contributed by atoms with Gasteiger partial charge < -0.3 is 15.5 Å². The molecule has 10 nitrogen and oxygen atoms in total. The minimum absolute atomic E-state index is 0. The zero-order valence-corrected chi connectivity index (χ0v) is 20.0. The van der Waals surface area contributed by atoms with Crippen LogP contribution in [0.3, 0.4) is 0 Å². The first-order chi connectivity index (χ1) is 15.8. The predicted molar refractivity (Wildman–Crippen MR) is 134 cm³/mol. The van der Waals surface area contributed by atoms with Crippen molar-refractivity contribution in [3.8, 4) is 11.3 Å². The van der Waals surface area contributed by atoms with Crippen molar-refractivity contribution in [1.82, 2.24) is 15.1 Å². The number of fused-ring (bicyclic) bond motifs is 1. The molecule has 0 spiro atoms. The summed E-state index contributed by atoms with van der Waals surface area (Å²) in [6, 6.07) is 15.8. The number of H-pyrrole nitrogens is 1. The van der Waals surface area contributed by atoms with Gasteiger partial charge in [-0.25, -0.2) is 5.10 Å². The Labute approximate surface area is 199 Å². The second-order valence-corrected chi connectivity index (χ2v) is 9.31. The van der Waals surface area contributed by atoms with E-state index in [4.69, 9.17) is 9.29 Å². The molecule has 11 heteroatoms. The van der Waals surface area contributed by atoms with E-state index in [2.05, 4.69) is 32.5 Å². The number of hydrogen-bond acceptors (Lipinski definition) is 7. The second-order valence-electron chi connectivity index (χ2n) is 7.85. The third-order valence-corrected chi connectivity index (χ3v) is 5.17. The Balaban J connectivity index is 0.000000619. The summed E-state index contributed by atoms with van der Waals surface area (Å²) in [6.45, 7) is 5.90. The Morgan fingerprint density at radius 2 is 1.76 bits per heavy atom. The molecule has 0 bridgehead atoms. The molecule has 0 atom stereocenters. The lowest BCUT2D eigenvalue weighted by Crippen LogP contribution is -2.36. The fourth-order valence-electron chi connectivity index (χ4n) is 3.63. The van der Waals surface area contributed by atoms with Crippen LogP contribution in [0.25, 0.3) is 22.0 Å². The van der Waals surface area contributed by atoms with E-state index in [9.17, 15) is 13.2 Å². The molecule has 1 saturated heterocycles. The van der Waals surface area contributed by atoms with Gasteiger partial charge in [0.1, 0.15) is 0 Å². The van der Waals surface area contributed by atoms with Crippen molar-refractivity contribution >= 4 is 26.6 Å². The van der Waals surface area contributed by atoms with E-state index in [0.717, 1.165) is 68.1 Å². The summed E-state index contributed by atoms with van der Waals surface area (Å²) in [5.41, 5.74) is 2.70. The van der Waals surface area contributed by atoms with Crippen LogP contribution in [0.1, 0.15) is 12.8 Å². The smallest absolute Gasteiger partial charge is 0.272 e. The first kappa shape index (κ1) is 27.4. The Kier molecular flexibility index (Phi) is 10.6. The van der Waals surface area contributed by atoms with Gasteiger partial charge in [0.25, 0.3) is 15.7 Å². The van der Waals surface area contributed by atoms with Crippen molar-refractivity contribution < 1.29 is 23.2 Å². The van der Waals surface area contributed by atoms with Crippen molar-refractivity contribution in [3.05, 3.63) is 58.9 Å². The summed E-state index contributed by atoms with van der Waals surface area (Å²) in [5.74, 6) is 0. The van der Waals surface area contributed by atoms with Crippen LogP contribution in [-0.2, 0) is 14.9 Å². The average molecular weight is 493 g/mol. The minimum Gasteiger partial charge on any atom is -0.412 e. The molecular formula is C23H32N4O6S. The van der Waals surface area contributed by atoms with E-state index in [1.165, 1.54) is 6.42 Å². The summed E-state index contributed by atoms with van der Waals surface area (Å²) < 4.78 is 31.3. The van der Waals surface area contributed by atoms with Crippen LogP contribution in [0.15, 0.2) is 53.3 Å². The van der Waals surface area contributed by atoms with Gasteiger partial charge in [-0.1, -0.05) is 30.3 Å². The van der Waals surface area contributed by atoms with Gasteiger partial charge in [-0.3, -0.25) is 14.2 Å². The molecule has 0 amide bonds. The molecule has 2 heterocycles. The van der Waals surface area contributed by atoms with Gasteiger partial charge in [-0.05, 0) is 37.6 Å². The highest BCUT2D eigenvalue weighted by atomic mass is 32.2. The van der Waals surface area contributed by atoms with Crippen molar-refractivity contribution in [3.63, 3.8) is 0 Å². The molecule has 34 heavy (non-hydrogen) atoms. The standard InChI is InChI=1S/C22H26N4O2.CH4O3S.H2O/c27-22-20-9-2-1-8-19(20)21(24-25-22)17-6-5-7-18(16-17)23-10-3-4-11-26-12-14-28-15-13-26;1-5(2,3)4;/h1-2,5-9,16,23H,3-4,10-15H2,(H,25,27);1H3,(H,2,3,4);1H2. The fourth-order valence-corrected chi connectivity index (χ4v) is 3.63. The summed E-state index contributed by atoms with van der Waals surface area (Å²) in [6.07, 6.45) is 3.02. The molecule has 0 saturated carbocycles. The lowest BCUT2D eigenvalue weighted by molar-refractivity contribution is 0.0373. The number of anilines is 1. The van der Waals surface area contributed by atoms with E-state index < -0.39 is 10.1 Å². The molecule has 1 aliphatic heterocycles. The predicted octanol–water partition coefficient (Wildman–Crippen LogP) is 1.79. The zero-order chi connectivity index (χ0) is 23.7. The Morgan fingerprint density at radius 3 is 2.47 bits per heavy atom. The molecular weight excluding hydrogens is 460 g/mol. The van der Waals surface area contributed by atoms with Gasteiger partial charge >= 0.3 is 0 Å². The molecule has 2 aromatic carbocycles. The van der Waals surface area contributed by atoms with E-state index in [0.29, 0.717) is 11.6 Å². The molecule has 186 valence electrons. The molecule has 3 aromatic rings. The van der Waals surface area contributed by atoms with Crippen molar-refractivity contribution in [2.75, 3.05) is 51.0 Å². The summed E-state index contributed by atoms with van der Waals surface area (Å²) in [7, 11) is -3.67. The van der Waals surface area contributed by atoms with Crippen molar-refractivity contribution in [1.29, 1.82) is 0 Å². The number of ether oxygens (including phenoxy) is 1. The number of benzene rings is 2. The Bertz CT molecular complexity index is 1200. The highest BCUT2D eigenvalue weighted by molar-refractivity contribution is 7.85. The van der Waals surface area contributed by atoms with Crippen LogP contribution in [0, 0.1) is 0 Å². The number of aromatic amines is 1. The fraction of sp³-hybridized carbons (Fsp3) is 0.391. The highest BCUT2D eigenvalue weighted by Crippen LogP contribution is 2.26. The maximum Gasteiger partial charge on any atom is 0.272 e. The van der Waals surface area contributed by atoms with Gasteiger partial charge in [0.05, 0.1) is 30.5 Å². The Morgan fingerprint density at radius 1 is 1.09 bits per heavy atom. The van der Waals surface area contributed by atoms with Gasteiger partial charge in [0, 0.05) is 36.3 Å². The lowest BCUT2D eigenvalue weighted by Gasteiger charge is -2.26. The third-order valence-electron chi connectivity index (χ3n) is 5.17. The number of nitrogens with one attached hydrogen (secondary N) is 2. The molecule has 0 aliphatic carbocycles. The van der Waals surface area contributed by atoms with Crippen LogP contribution in [-0.4, -0.2) is 79.2 Å². The number of aromatic nitrogens is 2. The first-order valence-electron chi connectivity index (χ1n) is 10.9. The number of nitrogens with zero attached hydrogens (tertiary/aromatic N) is 2. The second kappa shape index (κ2) is 13.2. The van der Waals surface area contributed by atoms with Crippen LogP contribution < -0.4 is 10.9 Å². The van der Waals surface area contributed by atoms with Crippen LogP contribution in [0.2, 0.25) is 0 Å². The summed E-state index contributed by atoms with van der Waals surface area (Å²) in [5, 5.41) is 12.0. The van der Waals surface area contributed by atoms with Crippen LogP contribution >= 0.6 is 0 Å². The number of hydrogen-bond donors (Lipinski definition) is 3. The van der Waals surface area contributed by atoms with E-state index in [1.807, 2.05) is 36.4 Å². The maximum atomic E-state index is 12.0. The van der Waals surface area contributed by atoms with Crippen LogP contribution in [0.4, 0.5) is 5.69 Å². The molecule has 1 aromatic heterocycles. The SMILES string of the molecule is CS(=O)(=O)O.O.O=c1[nH]nc(-c2cccc(NCCCCN3CCOCC3)c2)c2ccccc12. The number of rotatable bonds is 7. The van der Waals surface area contributed by atoms with E-state index in [-0.39, 0.29) is 11.0 Å². The molecule has 5 N–H and O–H groups in total. The van der Waals surface area contributed by atoms with Crippen LogP contribution in [0.5, 0.6) is 0 Å². The summed E-state index contributed by atoms with van der Waals surface area (Å²) >= 11 is 0. The average Bonchev–Trinajstić information content (AvgIpc) is 2.79. The van der Waals surface area contributed by atoms with Gasteiger partial charge in [0.2, 0.25) is 0 Å². The monoisotopic (exact) mass is 492 g/mol. The maximum absolute atomic E-state index is 12.0. The lowest BCUT2D eigenvalue weighted by atomic mass is 10.0. The zero-order valence-electron chi connectivity index (χ0n) is 19.2. The molecule has 0 radical (unpaired) electrons. The third kappa shape index (κ3) is 8.84. The molecule has 1 fully saturated rings. The van der Waals surface area contributed by atoms with E-state index in [1.54, 1.807) is 0 Å². The van der Waals surface area contributed by atoms with Gasteiger partial charge in [-0.15, -0.1) is 0 Å². The largest absolute Gasteiger partial charge is 0.412 e. The first-order valence-corrected chi connectivity index (χ1v) is 12.7. The molecule has 0 unspecified atom stereocenters. The number of morpholine rings is 1. The van der Waals surface area contributed by atoms with Gasteiger partial charge in [0.15, 0.2) is 0 Å². The normalized spacial score (nSPS) is 14.1. The molecule has 4 rings (SSSR count). The van der Waals surface area contributed by atoms with Gasteiger partial charge in [-0.2, -0.15) is 13.5 Å². The minimum atomic E-state index is -3.67. The van der Waals surface area contributed by atoms with Crippen molar-refractivity contribution in [2.45, 2.75) is 12.8 Å². The Hall–Kier alpha value is -2.83.